The number of nitrogens with zero attached hydrogens (tertiary/aromatic N) is 3. The average Bonchev–Trinajstić information content (AvgIpc) is 3.33. The maximum atomic E-state index is 13.9. The van der Waals surface area contributed by atoms with Crippen LogP contribution in [0.4, 0.5) is 17.6 Å². The second kappa shape index (κ2) is 10.1. The number of hydrogen-bond acceptors (Lipinski definition) is 5. The van der Waals surface area contributed by atoms with Gasteiger partial charge >= 0.3 is 12.1 Å². The first-order valence-electron chi connectivity index (χ1n) is 10.9. The molecule has 0 aliphatic carbocycles. The van der Waals surface area contributed by atoms with Crippen molar-refractivity contribution in [2.24, 2.45) is 0 Å². The molecule has 0 bridgehead atoms. The first-order chi connectivity index (χ1) is 16.9. The van der Waals surface area contributed by atoms with Gasteiger partial charge in [0.25, 0.3) is 0 Å². The Kier molecular flexibility index (Phi) is 7.24. The molecule has 2 heterocycles. The number of aryl methyl sites for hydroxylation is 1. The molecule has 0 saturated carbocycles. The molecule has 0 fully saturated rings. The standard InChI is InChI=1S/C25H21F4N3O2S2/c1-13(2)35-23-20(16-9-7-15(8-10-16)12-25(27,28)29)30-24(36-23)32-21(22(33)34)19(14(3)31-32)17-5-4-6-18(26)11-17/h4-11,13H,12H2,1-3H3,(H,33,34). The molecule has 188 valence electrons. The summed E-state index contributed by atoms with van der Waals surface area (Å²) in [6.45, 7) is 5.62. The van der Waals surface area contributed by atoms with Gasteiger partial charge in [-0.25, -0.2) is 14.2 Å². The van der Waals surface area contributed by atoms with E-state index in [1.165, 1.54) is 58.1 Å². The molecular weight excluding hydrogens is 514 g/mol. The van der Waals surface area contributed by atoms with Gasteiger partial charge in [0.2, 0.25) is 5.13 Å². The second-order valence-corrected chi connectivity index (χ2v) is 11.1. The summed E-state index contributed by atoms with van der Waals surface area (Å²) in [6.07, 6.45) is -5.33. The number of alkyl halides is 3. The SMILES string of the molecule is Cc1nn(-c2nc(-c3ccc(CC(F)(F)F)cc3)c(SC(C)C)s2)c(C(=O)O)c1-c1cccc(F)c1. The van der Waals surface area contributed by atoms with Gasteiger partial charge in [-0.3, -0.25) is 0 Å². The molecule has 1 N–H and O–H groups in total. The first kappa shape index (κ1) is 25.9. The monoisotopic (exact) mass is 535 g/mol. The highest BCUT2D eigenvalue weighted by atomic mass is 32.2. The number of carbonyl (C=O) groups is 1. The topological polar surface area (TPSA) is 68.0 Å². The fourth-order valence-electron chi connectivity index (χ4n) is 3.73. The lowest BCUT2D eigenvalue weighted by Crippen LogP contribution is -2.11. The summed E-state index contributed by atoms with van der Waals surface area (Å²) in [5.41, 5.74) is 2.18. The van der Waals surface area contributed by atoms with Gasteiger partial charge in [-0.2, -0.15) is 23.0 Å². The van der Waals surface area contributed by atoms with Gasteiger partial charge in [0.1, 0.15) is 5.82 Å². The summed E-state index contributed by atoms with van der Waals surface area (Å²) in [6, 6.07) is 11.6. The Morgan fingerprint density at radius 2 is 1.83 bits per heavy atom. The Bertz CT molecular complexity index is 1410. The van der Waals surface area contributed by atoms with Crippen LogP contribution in [0.15, 0.2) is 52.7 Å². The number of benzene rings is 2. The molecule has 0 spiro atoms. The second-order valence-electron chi connectivity index (χ2n) is 8.32. The predicted octanol–water partition coefficient (Wildman–Crippen LogP) is 7.41. The van der Waals surface area contributed by atoms with E-state index in [4.69, 9.17) is 0 Å². The van der Waals surface area contributed by atoms with Gasteiger partial charge in [0.05, 0.1) is 22.0 Å². The van der Waals surface area contributed by atoms with Gasteiger partial charge in [-0.05, 0) is 30.2 Å². The number of carboxylic acid groups (broad SMARTS) is 1. The van der Waals surface area contributed by atoms with E-state index in [1.807, 2.05) is 13.8 Å². The molecule has 5 nitrogen and oxygen atoms in total. The van der Waals surface area contributed by atoms with E-state index in [9.17, 15) is 27.5 Å². The minimum absolute atomic E-state index is 0.135. The van der Waals surface area contributed by atoms with Gasteiger partial charge in [-0.15, -0.1) is 11.8 Å². The molecule has 4 rings (SSSR count). The zero-order chi connectivity index (χ0) is 26.2. The number of thioether (sulfide) groups is 1. The van der Waals surface area contributed by atoms with Gasteiger partial charge in [0.15, 0.2) is 5.69 Å². The third kappa shape index (κ3) is 5.62. The Labute approximate surface area is 212 Å². The highest BCUT2D eigenvalue weighted by Crippen LogP contribution is 2.41. The van der Waals surface area contributed by atoms with Crippen molar-refractivity contribution in [3.63, 3.8) is 0 Å². The number of carboxylic acids is 1. The molecule has 2 aromatic carbocycles. The molecule has 0 aliphatic heterocycles. The number of rotatable bonds is 7. The molecule has 0 radical (unpaired) electrons. The quantitative estimate of drug-likeness (QED) is 0.197. The Hall–Kier alpha value is -3.18. The summed E-state index contributed by atoms with van der Waals surface area (Å²) >= 11 is 2.75. The van der Waals surface area contributed by atoms with Crippen LogP contribution < -0.4 is 0 Å². The normalized spacial score (nSPS) is 11.9. The third-order valence-corrected chi connectivity index (χ3v) is 7.36. The summed E-state index contributed by atoms with van der Waals surface area (Å²) < 4.78 is 54.2. The highest BCUT2D eigenvalue weighted by Gasteiger charge is 2.28. The number of halogens is 4. The van der Waals surface area contributed by atoms with E-state index in [0.29, 0.717) is 22.5 Å². The molecule has 4 aromatic rings. The van der Waals surface area contributed by atoms with E-state index in [1.54, 1.807) is 25.1 Å². The molecule has 36 heavy (non-hydrogen) atoms. The molecule has 0 aliphatic rings. The van der Waals surface area contributed by atoms with Crippen molar-refractivity contribution < 1.29 is 27.5 Å². The molecule has 0 atom stereocenters. The van der Waals surface area contributed by atoms with Gasteiger partial charge in [-0.1, -0.05) is 61.6 Å². The Morgan fingerprint density at radius 1 is 1.14 bits per heavy atom. The van der Waals surface area contributed by atoms with Gasteiger partial charge in [0, 0.05) is 16.4 Å². The first-order valence-corrected chi connectivity index (χ1v) is 12.6. The van der Waals surface area contributed by atoms with Crippen molar-refractivity contribution in [1.29, 1.82) is 0 Å². The molecule has 0 unspecified atom stereocenters. The zero-order valence-corrected chi connectivity index (χ0v) is 21.1. The lowest BCUT2D eigenvalue weighted by molar-refractivity contribution is -0.127. The minimum atomic E-state index is -4.31. The van der Waals surface area contributed by atoms with E-state index >= 15 is 0 Å². The van der Waals surface area contributed by atoms with Crippen molar-refractivity contribution >= 4 is 29.1 Å². The van der Waals surface area contributed by atoms with Crippen molar-refractivity contribution in [1.82, 2.24) is 14.8 Å². The van der Waals surface area contributed by atoms with Crippen molar-refractivity contribution in [3.8, 4) is 27.5 Å². The summed E-state index contributed by atoms with van der Waals surface area (Å²) in [4.78, 5) is 17.0. The molecule has 11 heteroatoms. The summed E-state index contributed by atoms with van der Waals surface area (Å²) in [5, 5.41) is 14.9. The predicted molar refractivity (Wildman–Crippen MR) is 133 cm³/mol. The smallest absolute Gasteiger partial charge is 0.393 e. The van der Waals surface area contributed by atoms with Crippen molar-refractivity contribution in [3.05, 3.63) is 71.3 Å². The van der Waals surface area contributed by atoms with Crippen LogP contribution in [0.2, 0.25) is 0 Å². The molecular formula is C25H21F4N3O2S2. The Balaban J connectivity index is 1.83. The Morgan fingerprint density at radius 3 is 2.42 bits per heavy atom. The van der Waals surface area contributed by atoms with Crippen molar-refractivity contribution in [2.45, 2.75) is 42.8 Å². The largest absolute Gasteiger partial charge is 0.476 e. The number of hydrogen-bond donors (Lipinski definition) is 1. The van der Waals surface area contributed by atoms with Crippen LogP contribution in [0.5, 0.6) is 0 Å². The maximum Gasteiger partial charge on any atom is 0.393 e. The highest BCUT2D eigenvalue weighted by molar-refractivity contribution is 8.01. The molecule has 0 saturated heterocycles. The number of aromatic carboxylic acids is 1. The lowest BCUT2D eigenvalue weighted by Gasteiger charge is -2.08. The molecule has 2 aromatic heterocycles. The van der Waals surface area contributed by atoms with Crippen LogP contribution in [0.3, 0.4) is 0 Å². The summed E-state index contributed by atoms with van der Waals surface area (Å²) in [5.74, 6) is -1.75. The average molecular weight is 536 g/mol. The molecule has 0 amide bonds. The number of aromatic nitrogens is 3. The fraction of sp³-hybridized carbons (Fsp3) is 0.240. The van der Waals surface area contributed by atoms with Crippen LogP contribution in [0, 0.1) is 12.7 Å². The summed E-state index contributed by atoms with van der Waals surface area (Å²) in [7, 11) is 0. The maximum absolute atomic E-state index is 13.9. The van der Waals surface area contributed by atoms with Gasteiger partial charge < -0.3 is 5.11 Å². The van der Waals surface area contributed by atoms with E-state index in [0.717, 1.165) is 4.21 Å². The minimum Gasteiger partial charge on any atom is -0.476 e. The van der Waals surface area contributed by atoms with Crippen LogP contribution in [-0.4, -0.2) is 37.3 Å². The van der Waals surface area contributed by atoms with Crippen molar-refractivity contribution in [2.75, 3.05) is 0 Å². The van der Waals surface area contributed by atoms with E-state index < -0.39 is 24.4 Å². The van der Waals surface area contributed by atoms with E-state index in [2.05, 4.69) is 10.1 Å². The van der Waals surface area contributed by atoms with Crippen LogP contribution >= 0.6 is 23.1 Å². The van der Waals surface area contributed by atoms with E-state index in [-0.39, 0.29) is 27.2 Å². The van der Waals surface area contributed by atoms with Crippen LogP contribution in [-0.2, 0) is 6.42 Å². The van der Waals surface area contributed by atoms with Crippen LogP contribution in [0.25, 0.3) is 27.5 Å². The zero-order valence-electron chi connectivity index (χ0n) is 19.4. The van der Waals surface area contributed by atoms with Crippen LogP contribution in [0.1, 0.15) is 35.6 Å². The lowest BCUT2D eigenvalue weighted by atomic mass is 10.0. The third-order valence-electron chi connectivity index (χ3n) is 5.12. The number of thiazole rings is 1. The fourth-order valence-corrected chi connectivity index (χ4v) is 6.21.